The van der Waals surface area contributed by atoms with Crippen molar-refractivity contribution in [3.05, 3.63) is 28.5 Å². The van der Waals surface area contributed by atoms with Crippen LogP contribution in [0, 0.1) is 5.92 Å². The Bertz CT molecular complexity index is 549. The first-order chi connectivity index (χ1) is 9.13. The molecule has 1 saturated heterocycles. The number of nitrogens with zero attached hydrogens (tertiary/aromatic N) is 3. The molecule has 0 bridgehead atoms. The molecule has 2 unspecified atom stereocenters. The van der Waals surface area contributed by atoms with Crippen LogP contribution in [0.3, 0.4) is 0 Å². The zero-order valence-corrected chi connectivity index (χ0v) is 11.6. The molecule has 3 rings (SSSR count). The van der Waals surface area contributed by atoms with Gasteiger partial charge in [0.15, 0.2) is 5.71 Å². The summed E-state index contributed by atoms with van der Waals surface area (Å²) in [7, 11) is 0. The standard InChI is InChI=1S/C12H12BrN3O3/c13-10-3-1-2-7(14-10)4-16-5-8-9(6-16)19-15-11(8)12(17)18/h1-3,8-9H,4-6H2,(H,17,18). The molecular formula is C12H12BrN3O3. The van der Waals surface area contributed by atoms with Crippen LogP contribution in [0.15, 0.2) is 28.0 Å². The number of carboxylic acid groups (broad SMARTS) is 1. The number of hydrogen-bond acceptors (Lipinski definition) is 5. The van der Waals surface area contributed by atoms with E-state index in [-0.39, 0.29) is 17.7 Å². The van der Waals surface area contributed by atoms with Gasteiger partial charge >= 0.3 is 5.97 Å². The number of carbonyl (C=O) groups is 1. The van der Waals surface area contributed by atoms with Gasteiger partial charge in [0.2, 0.25) is 0 Å². The molecule has 2 aliphatic heterocycles. The van der Waals surface area contributed by atoms with Gasteiger partial charge in [-0.1, -0.05) is 11.2 Å². The van der Waals surface area contributed by atoms with E-state index in [1.807, 2.05) is 18.2 Å². The highest BCUT2D eigenvalue weighted by Gasteiger charge is 2.44. The van der Waals surface area contributed by atoms with Gasteiger partial charge in [-0.2, -0.15) is 0 Å². The fraction of sp³-hybridized carbons (Fsp3) is 0.417. The third-order valence-electron chi connectivity index (χ3n) is 3.36. The van der Waals surface area contributed by atoms with Gasteiger partial charge in [-0.15, -0.1) is 0 Å². The zero-order valence-electron chi connectivity index (χ0n) is 9.99. The van der Waals surface area contributed by atoms with Crippen molar-refractivity contribution in [2.75, 3.05) is 13.1 Å². The van der Waals surface area contributed by atoms with Gasteiger partial charge in [0, 0.05) is 19.6 Å². The fourth-order valence-electron chi connectivity index (χ4n) is 2.51. The van der Waals surface area contributed by atoms with E-state index in [9.17, 15) is 4.79 Å². The molecule has 3 heterocycles. The van der Waals surface area contributed by atoms with Crippen molar-refractivity contribution in [1.29, 1.82) is 0 Å². The molecule has 2 atom stereocenters. The molecule has 1 N–H and O–H groups in total. The van der Waals surface area contributed by atoms with Gasteiger partial charge in [-0.3, -0.25) is 4.90 Å². The van der Waals surface area contributed by atoms with Crippen LogP contribution in [-0.4, -0.2) is 45.9 Å². The molecular weight excluding hydrogens is 314 g/mol. The van der Waals surface area contributed by atoms with Gasteiger partial charge < -0.3 is 9.94 Å². The number of hydrogen-bond donors (Lipinski definition) is 1. The average Bonchev–Trinajstić information content (AvgIpc) is 2.87. The quantitative estimate of drug-likeness (QED) is 0.843. The molecule has 0 saturated carbocycles. The second-order valence-electron chi connectivity index (χ2n) is 4.68. The van der Waals surface area contributed by atoms with E-state index in [4.69, 9.17) is 9.94 Å². The summed E-state index contributed by atoms with van der Waals surface area (Å²) < 4.78 is 0.799. The Kier molecular flexibility index (Phi) is 3.24. The molecule has 100 valence electrons. The Balaban J connectivity index is 1.67. The molecule has 2 aliphatic rings. The van der Waals surface area contributed by atoms with E-state index < -0.39 is 5.97 Å². The first-order valence-electron chi connectivity index (χ1n) is 5.94. The molecule has 1 aromatic heterocycles. The number of likely N-dealkylation sites (tertiary alicyclic amines) is 1. The number of rotatable bonds is 3. The first kappa shape index (κ1) is 12.6. The van der Waals surface area contributed by atoms with Gasteiger partial charge in [-0.05, 0) is 28.1 Å². The lowest BCUT2D eigenvalue weighted by molar-refractivity contribution is -0.129. The van der Waals surface area contributed by atoms with E-state index in [2.05, 4.69) is 31.0 Å². The highest BCUT2D eigenvalue weighted by molar-refractivity contribution is 9.10. The molecule has 1 aromatic rings. The van der Waals surface area contributed by atoms with Crippen LogP contribution in [0.5, 0.6) is 0 Å². The Labute approximate surface area is 118 Å². The monoisotopic (exact) mass is 325 g/mol. The lowest BCUT2D eigenvalue weighted by atomic mass is 10.0. The van der Waals surface area contributed by atoms with Gasteiger partial charge in [0.05, 0.1) is 11.6 Å². The predicted molar refractivity (Wildman–Crippen MR) is 70.6 cm³/mol. The summed E-state index contributed by atoms with van der Waals surface area (Å²) in [5.74, 6) is -1.13. The molecule has 6 nitrogen and oxygen atoms in total. The third-order valence-corrected chi connectivity index (χ3v) is 3.80. The van der Waals surface area contributed by atoms with Gasteiger partial charge in [-0.25, -0.2) is 9.78 Å². The lowest BCUT2D eigenvalue weighted by Gasteiger charge is -2.15. The number of halogens is 1. The highest BCUT2D eigenvalue weighted by Crippen LogP contribution is 2.28. The number of fused-ring (bicyclic) bond motifs is 1. The van der Waals surface area contributed by atoms with Crippen molar-refractivity contribution in [2.24, 2.45) is 11.1 Å². The van der Waals surface area contributed by atoms with Crippen LogP contribution < -0.4 is 0 Å². The van der Waals surface area contributed by atoms with Crippen LogP contribution in [0.1, 0.15) is 5.69 Å². The van der Waals surface area contributed by atoms with Crippen molar-refractivity contribution in [1.82, 2.24) is 9.88 Å². The van der Waals surface area contributed by atoms with Crippen LogP contribution in [-0.2, 0) is 16.2 Å². The Morgan fingerprint density at radius 2 is 2.37 bits per heavy atom. The molecule has 7 heteroatoms. The van der Waals surface area contributed by atoms with Crippen LogP contribution in [0.2, 0.25) is 0 Å². The predicted octanol–water partition coefficient (Wildman–Crippen LogP) is 1.12. The largest absolute Gasteiger partial charge is 0.477 e. The molecule has 0 aliphatic carbocycles. The number of carboxylic acids is 1. The summed E-state index contributed by atoms with van der Waals surface area (Å²) >= 11 is 3.34. The molecule has 0 spiro atoms. The zero-order chi connectivity index (χ0) is 13.4. The average molecular weight is 326 g/mol. The highest BCUT2D eigenvalue weighted by atomic mass is 79.9. The third kappa shape index (κ3) is 2.48. The molecule has 0 amide bonds. The second-order valence-corrected chi connectivity index (χ2v) is 5.49. The fourth-order valence-corrected chi connectivity index (χ4v) is 2.89. The summed E-state index contributed by atoms with van der Waals surface area (Å²) in [5, 5.41) is 12.7. The van der Waals surface area contributed by atoms with E-state index in [1.54, 1.807) is 0 Å². The second kappa shape index (κ2) is 4.90. The molecule has 1 fully saturated rings. The van der Waals surface area contributed by atoms with E-state index in [1.165, 1.54) is 0 Å². The summed E-state index contributed by atoms with van der Waals surface area (Å²) in [4.78, 5) is 22.7. The van der Waals surface area contributed by atoms with Gasteiger partial charge in [0.1, 0.15) is 10.7 Å². The Morgan fingerprint density at radius 3 is 3.11 bits per heavy atom. The van der Waals surface area contributed by atoms with E-state index in [0.717, 1.165) is 10.3 Å². The minimum atomic E-state index is -0.991. The van der Waals surface area contributed by atoms with Crippen LogP contribution in [0.4, 0.5) is 0 Å². The SMILES string of the molecule is O=C(O)C1=NOC2CN(Cc3cccc(Br)n3)CC12. The normalized spacial score (nSPS) is 25.8. The maximum absolute atomic E-state index is 11.0. The van der Waals surface area contributed by atoms with Crippen molar-refractivity contribution in [3.8, 4) is 0 Å². The van der Waals surface area contributed by atoms with E-state index in [0.29, 0.717) is 19.6 Å². The first-order valence-corrected chi connectivity index (χ1v) is 6.73. The topological polar surface area (TPSA) is 75.0 Å². The van der Waals surface area contributed by atoms with Crippen molar-refractivity contribution in [2.45, 2.75) is 12.6 Å². The van der Waals surface area contributed by atoms with Crippen molar-refractivity contribution < 1.29 is 14.7 Å². The van der Waals surface area contributed by atoms with Crippen molar-refractivity contribution >= 4 is 27.6 Å². The smallest absolute Gasteiger partial charge is 0.354 e. The molecule has 0 aromatic carbocycles. The van der Waals surface area contributed by atoms with Gasteiger partial charge in [0.25, 0.3) is 0 Å². The summed E-state index contributed by atoms with van der Waals surface area (Å²) in [6, 6.07) is 5.76. The number of oxime groups is 1. The minimum absolute atomic E-state index is 0.134. The molecule has 19 heavy (non-hydrogen) atoms. The summed E-state index contributed by atoms with van der Waals surface area (Å²) in [5.41, 5.74) is 1.08. The summed E-state index contributed by atoms with van der Waals surface area (Å²) in [6.45, 7) is 2.01. The number of pyridine rings is 1. The van der Waals surface area contributed by atoms with Crippen LogP contribution >= 0.6 is 15.9 Å². The Hall–Kier alpha value is -1.47. The maximum atomic E-state index is 11.0. The number of aromatic nitrogens is 1. The summed E-state index contributed by atoms with van der Waals surface area (Å²) in [6.07, 6.45) is -0.141. The Morgan fingerprint density at radius 1 is 1.53 bits per heavy atom. The van der Waals surface area contributed by atoms with Crippen LogP contribution in [0.25, 0.3) is 0 Å². The maximum Gasteiger partial charge on any atom is 0.354 e. The van der Waals surface area contributed by atoms with E-state index >= 15 is 0 Å². The molecule has 0 radical (unpaired) electrons. The van der Waals surface area contributed by atoms with Crippen molar-refractivity contribution in [3.63, 3.8) is 0 Å². The number of aliphatic carboxylic acids is 1. The lowest BCUT2D eigenvalue weighted by Crippen LogP contribution is -2.27. The minimum Gasteiger partial charge on any atom is -0.477 e.